The van der Waals surface area contributed by atoms with Gasteiger partial charge in [0.2, 0.25) is 20.0 Å². The molecule has 11 nitrogen and oxygen atoms in total. The minimum Gasteiger partial charge on any atom is -0.489 e. The van der Waals surface area contributed by atoms with Crippen LogP contribution in [0.2, 0.25) is 10.0 Å². The summed E-state index contributed by atoms with van der Waals surface area (Å²) in [7, 11) is -5.65. The third-order valence-electron chi connectivity index (χ3n) is 7.99. The van der Waals surface area contributed by atoms with E-state index in [0.717, 1.165) is 27.5 Å². The standard InChI is InChI=1S/C31H33Cl2F2N3O8S2/c1-37(2)47(40,41)21-5-3-6-22(14-21)48(42,43)38-12-4-7-26(38)30(39)45-28(15-23-24(32)16-36-17-25(23)33)20-10-11-27(46-31(34)35)29(13-20)44-18-19-8-9-19/h3,5-6,10-11,13-14,16-17,19,26,28,31H,4,7-9,12,15,18H2,1-2H3/t26-,28-/m0/s1. The van der Waals surface area contributed by atoms with Crippen LogP contribution in [0.4, 0.5) is 8.78 Å². The number of alkyl halides is 2. The Morgan fingerprint density at radius 2 is 1.69 bits per heavy atom. The molecule has 1 aromatic heterocycles. The highest BCUT2D eigenvalue weighted by molar-refractivity contribution is 7.90. The lowest BCUT2D eigenvalue weighted by Gasteiger charge is -2.26. The van der Waals surface area contributed by atoms with Crippen molar-refractivity contribution < 1.29 is 44.6 Å². The molecular weight excluding hydrogens is 715 g/mol. The van der Waals surface area contributed by atoms with E-state index in [4.69, 9.17) is 32.7 Å². The maximum absolute atomic E-state index is 13.8. The zero-order valence-corrected chi connectivity index (χ0v) is 29.0. The Balaban J connectivity index is 1.47. The summed E-state index contributed by atoms with van der Waals surface area (Å²) in [6, 6.07) is 7.80. The molecule has 0 unspecified atom stereocenters. The third-order valence-corrected chi connectivity index (χ3v) is 12.4. The summed E-state index contributed by atoms with van der Waals surface area (Å²) in [5.74, 6) is -0.779. The first-order valence-electron chi connectivity index (χ1n) is 14.9. The van der Waals surface area contributed by atoms with Gasteiger partial charge in [-0.3, -0.25) is 9.78 Å². The molecule has 2 fully saturated rings. The number of carbonyl (C=O) groups is 1. The Bertz CT molecular complexity index is 1860. The smallest absolute Gasteiger partial charge is 0.387 e. The SMILES string of the molecule is CN(C)S(=O)(=O)c1cccc(S(=O)(=O)N2CCC[C@H]2C(=O)O[C@@H](Cc2c(Cl)cncc2Cl)c2ccc(OC(F)F)c(OCC3CC3)c2)c1. The molecule has 1 saturated carbocycles. The number of benzene rings is 2. The van der Waals surface area contributed by atoms with Crippen molar-refractivity contribution >= 4 is 49.2 Å². The van der Waals surface area contributed by atoms with Crippen molar-refractivity contribution in [2.24, 2.45) is 5.92 Å². The predicted molar refractivity (Wildman–Crippen MR) is 172 cm³/mol. The maximum atomic E-state index is 13.8. The van der Waals surface area contributed by atoms with E-state index in [2.05, 4.69) is 9.72 Å². The van der Waals surface area contributed by atoms with Crippen LogP contribution in [0.5, 0.6) is 11.5 Å². The van der Waals surface area contributed by atoms with E-state index in [-0.39, 0.29) is 63.2 Å². The summed E-state index contributed by atoms with van der Waals surface area (Å²) in [6.07, 6.45) is 3.88. The topological polar surface area (TPSA) is 132 Å². The highest BCUT2D eigenvalue weighted by Gasteiger charge is 2.42. The fraction of sp³-hybridized carbons (Fsp3) is 0.419. The normalized spacial score (nSPS) is 17.9. The summed E-state index contributed by atoms with van der Waals surface area (Å²) < 4.78 is 97.8. The van der Waals surface area contributed by atoms with Crippen molar-refractivity contribution in [3.05, 3.63) is 76.0 Å². The van der Waals surface area contributed by atoms with Crippen LogP contribution in [-0.4, -0.2) is 76.3 Å². The molecule has 2 aliphatic rings. The number of hydrogen-bond donors (Lipinski definition) is 0. The molecular formula is C31H33Cl2F2N3O8S2. The highest BCUT2D eigenvalue weighted by Crippen LogP contribution is 2.39. The van der Waals surface area contributed by atoms with E-state index in [9.17, 15) is 30.4 Å². The fourth-order valence-electron chi connectivity index (χ4n) is 5.19. The van der Waals surface area contributed by atoms with Crippen LogP contribution >= 0.6 is 23.2 Å². The van der Waals surface area contributed by atoms with Crippen molar-refractivity contribution in [3.8, 4) is 11.5 Å². The number of ether oxygens (including phenoxy) is 3. The monoisotopic (exact) mass is 747 g/mol. The van der Waals surface area contributed by atoms with Crippen LogP contribution in [0.15, 0.2) is 64.6 Å². The summed E-state index contributed by atoms with van der Waals surface area (Å²) in [6.45, 7) is -2.85. The number of carbonyl (C=O) groups excluding carboxylic acids is 1. The Morgan fingerprint density at radius 3 is 2.33 bits per heavy atom. The van der Waals surface area contributed by atoms with E-state index in [1.165, 1.54) is 62.9 Å². The number of halogens is 4. The van der Waals surface area contributed by atoms with Crippen LogP contribution in [0.25, 0.3) is 0 Å². The van der Waals surface area contributed by atoms with E-state index in [0.29, 0.717) is 17.5 Å². The Hall–Kier alpha value is -3.08. The number of hydrogen-bond acceptors (Lipinski definition) is 9. The van der Waals surface area contributed by atoms with Gasteiger partial charge in [0.1, 0.15) is 12.1 Å². The van der Waals surface area contributed by atoms with Crippen molar-refractivity contribution in [2.45, 2.75) is 60.7 Å². The van der Waals surface area contributed by atoms with Gasteiger partial charge in [0, 0.05) is 39.5 Å². The van der Waals surface area contributed by atoms with Crippen LogP contribution in [-0.2, 0) is 36.0 Å². The summed E-state index contributed by atoms with van der Waals surface area (Å²) in [4.78, 5) is 17.3. The number of nitrogens with zero attached hydrogens (tertiary/aromatic N) is 3. The lowest BCUT2D eigenvalue weighted by Crippen LogP contribution is -2.41. The number of aromatic nitrogens is 1. The second kappa shape index (κ2) is 14.8. The lowest BCUT2D eigenvalue weighted by molar-refractivity contribution is -0.153. The van der Waals surface area contributed by atoms with E-state index >= 15 is 0 Å². The van der Waals surface area contributed by atoms with Crippen molar-refractivity contribution in [1.29, 1.82) is 0 Å². The summed E-state index contributed by atoms with van der Waals surface area (Å²) in [5, 5.41) is 0.369. The van der Waals surface area contributed by atoms with Gasteiger partial charge in [0.25, 0.3) is 0 Å². The molecule has 1 aliphatic carbocycles. The number of esters is 1. The number of pyridine rings is 1. The molecule has 5 rings (SSSR count). The maximum Gasteiger partial charge on any atom is 0.387 e. The molecule has 2 atom stereocenters. The molecule has 1 aliphatic heterocycles. The Morgan fingerprint density at radius 1 is 1.00 bits per heavy atom. The lowest BCUT2D eigenvalue weighted by atomic mass is 10.0. The van der Waals surface area contributed by atoms with E-state index in [1.807, 2.05) is 0 Å². The summed E-state index contributed by atoms with van der Waals surface area (Å²) >= 11 is 12.8. The van der Waals surface area contributed by atoms with Gasteiger partial charge in [0.05, 0.1) is 26.4 Å². The minimum atomic E-state index is -4.36. The molecule has 17 heteroatoms. The summed E-state index contributed by atoms with van der Waals surface area (Å²) in [5.41, 5.74) is 0.711. The molecule has 260 valence electrons. The molecule has 0 spiro atoms. The fourth-order valence-corrected chi connectivity index (χ4v) is 8.43. The molecule has 2 heterocycles. The van der Waals surface area contributed by atoms with Crippen molar-refractivity contribution in [3.63, 3.8) is 0 Å². The second-order valence-corrected chi connectivity index (χ2v) is 16.4. The van der Waals surface area contributed by atoms with Gasteiger partial charge in [-0.25, -0.2) is 21.1 Å². The first kappa shape index (κ1) is 36.2. The molecule has 1 saturated heterocycles. The first-order chi connectivity index (χ1) is 22.7. The largest absolute Gasteiger partial charge is 0.489 e. The zero-order valence-electron chi connectivity index (χ0n) is 25.9. The van der Waals surface area contributed by atoms with Crippen LogP contribution in [0, 0.1) is 5.92 Å². The van der Waals surface area contributed by atoms with Gasteiger partial charge in [-0.1, -0.05) is 35.3 Å². The van der Waals surface area contributed by atoms with Crippen molar-refractivity contribution in [1.82, 2.24) is 13.6 Å². The first-order valence-corrected chi connectivity index (χ1v) is 18.6. The quantitative estimate of drug-likeness (QED) is 0.190. The average Bonchev–Trinajstić information content (AvgIpc) is 3.73. The van der Waals surface area contributed by atoms with Crippen molar-refractivity contribution in [2.75, 3.05) is 27.2 Å². The second-order valence-electron chi connectivity index (χ2n) is 11.6. The highest BCUT2D eigenvalue weighted by atomic mass is 35.5. The Kier molecular flexibility index (Phi) is 11.2. The van der Waals surface area contributed by atoms with Gasteiger partial charge >= 0.3 is 12.6 Å². The third kappa shape index (κ3) is 8.20. The average molecular weight is 749 g/mol. The van der Waals surface area contributed by atoms with Gasteiger partial charge in [0.15, 0.2) is 11.5 Å². The molecule has 2 aromatic carbocycles. The molecule has 0 N–H and O–H groups in total. The van der Waals surface area contributed by atoms with Crippen LogP contribution < -0.4 is 9.47 Å². The molecule has 0 radical (unpaired) electrons. The van der Waals surface area contributed by atoms with E-state index < -0.39 is 44.8 Å². The molecule has 0 amide bonds. The van der Waals surface area contributed by atoms with Crippen LogP contribution in [0.3, 0.4) is 0 Å². The molecule has 48 heavy (non-hydrogen) atoms. The number of rotatable bonds is 14. The molecule has 3 aromatic rings. The van der Waals surface area contributed by atoms with Gasteiger partial charge in [-0.05, 0) is 73.1 Å². The van der Waals surface area contributed by atoms with Crippen LogP contribution in [0.1, 0.15) is 42.9 Å². The minimum absolute atomic E-state index is 0.0156. The molecule has 0 bridgehead atoms. The van der Waals surface area contributed by atoms with Gasteiger partial charge < -0.3 is 14.2 Å². The van der Waals surface area contributed by atoms with E-state index in [1.54, 1.807) is 0 Å². The number of sulfonamides is 2. The van der Waals surface area contributed by atoms with Gasteiger partial charge in [-0.15, -0.1) is 0 Å². The van der Waals surface area contributed by atoms with Gasteiger partial charge in [-0.2, -0.15) is 13.1 Å². The zero-order chi connectivity index (χ0) is 34.8. The Labute approximate surface area is 287 Å². The predicted octanol–water partition coefficient (Wildman–Crippen LogP) is 5.71.